The molecule has 3 heteroatoms. The van der Waals surface area contributed by atoms with Crippen LogP contribution in [0.25, 0.3) is 0 Å². The Morgan fingerprint density at radius 3 is 1.96 bits per heavy atom. The van der Waals surface area contributed by atoms with Crippen molar-refractivity contribution in [3.63, 3.8) is 0 Å². The van der Waals surface area contributed by atoms with E-state index in [4.69, 9.17) is 4.74 Å². The Morgan fingerprint density at radius 1 is 1.00 bits per heavy atom. The molecular formula is C23H29NO2. The summed E-state index contributed by atoms with van der Waals surface area (Å²) in [5.41, 5.74) is 3.12. The number of hydrogen-bond donors (Lipinski definition) is 1. The zero-order chi connectivity index (χ0) is 19.4. The zero-order valence-electron chi connectivity index (χ0n) is 16.4. The molecule has 3 nitrogen and oxygen atoms in total. The van der Waals surface area contributed by atoms with E-state index in [2.05, 4.69) is 29.3 Å². The average Bonchev–Trinajstić information content (AvgIpc) is 2.63. The summed E-state index contributed by atoms with van der Waals surface area (Å²) in [5.74, 6) is 7.18. The van der Waals surface area contributed by atoms with Gasteiger partial charge in [0.15, 0.2) is 0 Å². The molecule has 0 fully saturated rings. The lowest BCUT2D eigenvalue weighted by molar-refractivity contribution is -0.119. The minimum atomic E-state index is 0.000317. The van der Waals surface area contributed by atoms with Crippen LogP contribution in [0.1, 0.15) is 51.3 Å². The van der Waals surface area contributed by atoms with Crippen LogP contribution in [0.3, 0.4) is 0 Å². The summed E-state index contributed by atoms with van der Waals surface area (Å²) in [6.07, 6.45) is 0.812. The number of ether oxygens (including phenoxy) is 1. The molecule has 0 saturated carbocycles. The van der Waals surface area contributed by atoms with Gasteiger partial charge in [-0.05, 0) is 62.2 Å². The maximum Gasteiger partial charge on any atom is 0.217 e. The topological polar surface area (TPSA) is 38.3 Å². The summed E-state index contributed by atoms with van der Waals surface area (Å²) in [7, 11) is 0. The Hall–Kier alpha value is -2.73. The molecule has 0 aliphatic rings. The van der Waals surface area contributed by atoms with Gasteiger partial charge in [-0.3, -0.25) is 4.79 Å². The van der Waals surface area contributed by atoms with Crippen molar-refractivity contribution in [2.45, 2.75) is 47.1 Å². The summed E-state index contributed by atoms with van der Waals surface area (Å²) in [4.78, 5) is 11.0. The fourth-order valence-corrected chi connectivity index (χ4v) is 2.42. The predicted molar refractivity (Wildman–Crippen MR) is 108 cm³/mol. The molecule has 138 valence electrons. The van der Waals surface area contributed by atoms with E-state index in [0.717, 1.165) is 23.3 Å². The third-order valence-electron chi connectivity index (χ3n) is 3.46. The van der Waals surface area contributed by atoms with Gasteiger partial charge in [-0.2, -0.15) is 0 Å². The Bertz CT molecular complexity index is 722. The van der Waals surface area contributed by atoms with Crippen LogP contribution in [0.5, 0.6) is 5.75 Å². The molecule has 2 aromatic rings. The molecule has 0 saturated heterocycles. The SMILES string of the molecule is CC.CCOc1ccc(C#Cc2ccc(CC(C)NC(C)=O)cc2)cc1. The van der Waals surface area contributed by atoms with Gasteiger partial charge in [0, 0.05) is 24.1 Å². The Kier molecular flexibility index (Phi) is 9.64. The minimum Gasteiger partial charge on any atom is -0.494 e. The molecule has 1 unspecified atom stereocenters. The van der Waals surface area contributed by atoms with Gasteiger partial charge in [0.2, 0.25) is 5.91 Å². The average molecular weight is 351 g/mol. The van der Waals surface area contributed by atoms with E-state index in [1.165, 1.54) is 12.5 Å². The van der Waals surface area contributed by atoms with Gasteiger partial charge < -0.3 is 10.1 Å². The second kappa shape index (κ2) is 11.8. The molecular weight excluding hydrogens is 322 g/mol. The molecule has 2 rings (SSSR count). The van der Waals surface area contributed by atoms with E-state index in [0.29, 0.717) is 6.61 Å². The number of carbonyl (C=O) groups is 1. The number of nitrogens with one attached hydrogen (secondary N) is 1. The first-order chi connectivity index (χ1) is 12.6. The lowest BCUT2D eigenvalue weighted by Crippen LogP contribution is -2.31. The maximum absolute atomic E-state index is 11.0. The van der Waals surface area contributed by atoms with E-state index in [1.807, 2.05) is 64.1 Å². The van der Waals surface area contributed by atoms with Gasteiger partial charge in [-0.25, -0.2) is 0 Å². The standard InChI is InChI=1S/C21H23NO2.C2H6/c1-4-24-21-13-11-19(12-14-21)6-5-18-7-9-20(10-8-18)15-16(2)22-17(3)23;1-2/h7-14,16H,4,15H2,1-3H3,(H,22,23);1-2H3. The number of hydrogen-bond acceptors (Lipinski definition) is 2. The molecule has 0 bridgehead atoms. The van der Waals surface area contributed by atoms with E-state index in [-0.39, 0.29) is 11.9 Å². The molecule has 1 N–H and O–H groups in total. The van der Waals surface area contributed by atoms with E-state index in [1.54, 1.807) is 0 Å². The highest BCUT2D eigenvalue weighted by atomic mass is 16.5. The summed E-state index contributed by atoms with van der Waals surface area (Å²) in [6, 6.07) is 16.0. The minimum absolute atomic E-state index is 0.000317. The van der Waals surface area contributed by atoms with Crippen LogP contribution in [0.15, 0.2) is 48.5 Å². The lowest BCUT2D eigenvalue weighted by Gasteiger charge is -2.12. The summed E-state index contributed by atoms with van der Waals surface area (Å²) in [6.45, 7) is 10.2. The Labute approximate surface area is 157 Å². The van der Waals surface area contributed by atoms with Crippen LogP contribution in [0.2, 0.25) is 0 Å². The predicted octanol–water partition coefficient (Wildman–Crippen LogP) is 4.58. The number of amides is 1. The molecule has 1 amide bonds. The Balaban J connectivity index is 0.00000163. The van der Waals surface area contributed by atoms with Crippen molar-refractivity contribution < 1.29 is 9.53 Å². The van der Waals surface area contributed by atoms with Crippen molar-refractivity contribution in [3.8, 4) is 17.6 Å². The second-order valence-electron chi connectivity index (χ2n) is 5.71. The number of rotatable bonds is 5. The fourth-order valence-electron chi connectivity index (χ4n) is 2.42. The molecule has 0 spiro atoms. The van der Waals surface area contributed by atoms with Crippen LogP contribution >= 0.6 is 0 Å². The largest absolute Gasteiger partial charge is 0.494 e. The summed E-state index contributed by atoms with van der Waals surface area (Å²) < 4.78 is 5.42. The van der Waals surface area contributed by atoms with Crippen LogP contribution in [-0.4, -0.2) is 18.6 Å². The van der Waals surface area contributed by atoms with Crippen molar-refractivity contribution in [1.29, 1.82) is 0 Å². The molecule has 1 atom stereocenters. The van der Waals surface area contributed by atoms with E-state index < -0.39 is 0 Å². The first-order valence-electron chi connectivity index (χ1n) is 9.17. The molecule has 0 aromatic heterocycles. The van der Waals surface area contributed by atoms with Gasteiger partial charge in [-0.15, -0.1) is 0 Å². The molecule has 0 aliphatic heterocycles. The highest BCUT2D eigenvalue weighted by Crippen LogP contribution is 2.11. The second-order valence-corrected chi connectivity index (χ2v) is 5.71. The van der Waals surface area contributed by atoms with Crippen molar-refractivity contribution in [3.05, 3.63) is 65.2 Å². The summed E-state index contributed by atoms with van der Waals surface area (Å²) >= 11 is 0. The maximum atomic E-state index is 11.0. The van der Waals surface area contributed by atoms with Gasteiger partial charge in [0.1, 0.15) is 5.75 Å². The lowest BCUT2D eigenvalue weighted by atomic mass is 10.0. The molecule has 0 aliphatic carbocycles. The van der Waals surface area contributed by atoms with Crippen LogP contribution in [-0.2, 0) is 11.2 Å². The molecule has 0 radical (unpaired) electrons. The number of benzene rings is 2. The first-order valence-corrected chi connectivity index (χ1v) is 9.17. The number of carbonyl (C=O) groups excluding carboxylic acids is 1. The normalized spacial score (nSPS) is 10.5. The molecule has 2 aromatic carbocycles. The van der Waals surface area contributed by atoms with Gasteiger partial charge in [0.05, 0.1) is 6.61 Å². The van der Waals surface area contributed by atoms with Gasteiger partial charge in [0.25, 0.3) is 0 Å². The van der Waals surface area contributed by atoms with Crippen LogP contribution in [0.4, 0.5) is 0 Å². The fraction of sp³-hybridized carbons (Fsp3) is 0.348. The smallest absolute Gasteiger partial charge is 0.217 e. The highest BCUT2D eigenvalue weighted by molar-refractivity contribution is 5.73. The van der Waals surface area contributed by atoms with E-state index >= 15 is 0 Å². The highest BCUT2D eigenvalue weighted by Gasteiger charge is 2.04. The monoisotopic (exact) mass is 351 g/mol. The van der Waals surface area contributed by atoms with Crippen molar-refractivity contribution in [1.82, 2.24) is 5.32 Å². The molecule has 0 heterocycles. The first kappa shape index (κ1) is 21.3. The van der Waals surface area contributed by atoms with Crippen molar-refractivity contribution in [2.24, 2.45) is 0 Å². The van der Waals surface area contributed by atoms with Crippen LogP contribution < -0.4 is 10.1 Å². The van der Waals surface area contributed by atoms with Gasteiger partial charge in [-0.1, -0.05) is 37.8 Å². The quantitative estimate of drug-likeness (QED) is 0.801. The van der Waals surface area contributed by atoms with Crippen LogP contribution in [0, 0.1) is 11.8 Å². The van der Waals surface area contributed by atoms with Crippen molar-refractivity contribution in [2.75, 3.05) is 6.61 Å². The Morgan fingerprint density at radius 2 is 1.50 bits per heavy atom. The van der Waals surface area contributed by atoms with E-state index in [9.17, 15) is 4.79 Å². The third kappa shape index (κ3) is 7.90. The van der Waals surface area contributed by atoms with Crippen molar-refractivity contribution >= 4 is 5.91 Å². The summed E-state index contributed by atoms with van der Waals surface area (Å²) in [5, 5.41) is 2.89. The van der Waals surface area contributed by atoms with Gasteiger partial charge >= 0.3 is 0 Å². The zero-order valence-corrected chi connectivity index (χ0v) is 16.4. The molecule has 26 heavy (non-hydrogen) atoms. The third-order valence-corrected chi connectivity index (χ3v) is 3.46.